The van der Waals surface area contributed by atoms with Gasteiger partial charge in [0.05, 0.1) is 16.8 Å². The molecule has 2 aromatic heterocycles. The molecule has 0 saturated carbocycles. The minimum Gasteiger partial charge on any atom is -0.466 e. The molecule has 4 rings (SSSR count). The zero-order valence-electron chi connectivity index (χ0n) is 16.8. The molecule has 0 saturated heterocycles. The summed E-state index contributed by atoms with van der Waals surface area (Å²) < 4.78 is 20.3. The number of nitrogens with one attached hydrogen (secondary N) is 2. The van der Waals surface area contributed by atoms with Gasteiger partial charge in [0, 0.05) is 11.8 Å². The number of aromatic nitrogens is 2. The SMILES string of the molecule is Cc1cc(C(=O)NNC(=O)c2cn(-c3ccccc3)nc2-c2ccc(F)cc2)c(C)o1. The molecular formula is C23H19FN4O3. The fraction of sp³-hybridized carbons (Fsp3) is 0.0870. The molecule has 2 amide bonds. The Labute approximate surface area is 177 Å². The summed E-state index contributed by atoms with van der Waals surface area (Å²) in [6.45, 7) is 3.40. The van der Waals surface area contributed by atoms with Crippen LogP contribution in [0.5, 0.6) is 0 Å². The Balaban J connectivity index is 1.63. The number of hydrogen-bond donors (Lipinski definition) is 2. The molecule has 4 aromatic rings. The highest BCUT2D eigenvalue weighted by Gasteiger charge is 2.20. The number of nitrogens with zero attached hydrogens (tertiary/aromatic N) is 2. The highest BCUT2D eigenvalue weighted by atomic mass is 19.1. The standard InChI is InChI=1S/C23H19FN4O3/c1-14-12-19(15(2)31-14)22(29)25-26-23(30)20-13-28(18-6-4-3-5-7-18)27-21(20)16-8-10-17(24)11-9-16/h3-13H,1-2H3,(H,25,29)(H,26,30). The van der Waals surface area contributed by atoms with Gasteiger partial charge in [-0.25, -0.2) is 9.07 Å². The Hall–Kier alpha value is -4.20. The highest BCUT2D eigenvalue weighted by molar-refractivity contribution is 6.02. The molecule has 2 aromatic carbocycles. The van der Waals surface area contributed by atoms with E-state index in [2.05, 4.69) is 16.0 Å². The molecular weight excluding hydrogens is 399 g/mol. The van der Waals surface area contributed by atoms with Crippen LogP contribution in [0.3, 0.4) is 0 Å². The Morgan fingerprint density at radius 3 is 2.19 bits per heavy atom. The molecule has 156 valence electrons. The first-order chi connectivity index (χ1) is 14.9. The number of para-hydroxylation sites is 1. The van der Waals surface area contributed by atoms with Crippen LogP contribution >= 0.6 is 0 Å². The molecule has 0 atom stereocenters. The minimum atomic E-state index is -0.562. The number of rotatable bonds is 4. The third kappa shape index (κ3) is 4.23. The van der Waals surface area contributed by atoms with Crippen molar-refractivity contribution in [2.75, 3.05) is 0 Å². The second-order valence-corrected chi connectivity index (χ2v) is 6.91. The van der Waals surface area contributed by atoms with Gasteiger partial charge in [-0.3, -0.25) is 20.4 Å². The van der Waals surface area contributed by atoms with Gasteiger partial charge in [0.1, 0.15) is 23.0 Å². The van der Waals surface area contributed by atoms with Crippen LogP contribution in [0.2, 0.25) is 0 Å². The number of hydrogen-bond acceptors (Lipinski definition) is 4. The Bertz CT molecular complexity index is 1240. The lowest BCUT2D eigenvalue weighted by Crippen LogP contribution is -2.41. The number of furan rings is 1. The van der Waals surface area contributed by atoms with Gasteiger partial charge in [0.25, 0.3) is 11.8 Å². The third-order valence-electron chi connectivity index (χ3n) is 4.67. The summed E-state index contributed by atoms with van der Waals surface area (Å²) in [6.07, 6.45) is 1.56. The van der Waals surface area contributed by atoms with E-state index in [0.717, 1.165) is 5.69 Å². The molecule has 7 nitrogen and oxygen atoms in total. The van der Waals surface area contributed by atoms with Crippen molar-refractivity contribution in [1.29, 1.82) is 0 Å². The van der Waals surface area contributed by atoms with Crippen LogP contribution in [0.25, 0.3) is 16.9 Å². The van der Waals surface area contributed by atoms with Gasteiger partial charge >= 0.3 is 0 Å². The van der Waals surface area contributed by atoms with Crippen LogP contribution in [-0.2, 0) is 0 Å². The van der Waals surface area contributed by atoms with Crippen molar-refractivity contribution >= 4 is 11.8 Å². The highest BCUT2D eigenvalue weighted by Crippen LogP contribution is 2.24. The lowest BCUT2D eigenvalue weighted by Gasteiger charge is -2.07. The lowest BCUT2D eigenvalue weighted by atomic mass is 10.1. The number of carbonyl (C=O) groups excluding carboxylic acids is 2. The van der Waals surface area contributed by atoms with Crippen molar-refractivity contribution in [2.45, 2.75) is 13.8 Å². The quantitative estimate of drug-likeness (QED) is 0.491. The average molecular weight is 418 g/mol. The van der Waals surface area contributed by atoms with Crippen molar-refractivity contribution < 1.29 is 18.4 Å². The summed E-state index contributed by atoms with van der Waals surface area (Å²) in [5.41, 5.74) is 7.02. The number of halogens is 1. The Morgan fingerprint density at radius 2 is 1.58 bits per heavy atom. The summed E-state index contributed by atoms with van der Waals surface area (Å²) in [5.74, 6) is -0.408. The molecule has 0 spiro atoms. The summed E-state index contributed by atoms with van der Waals surface area (Å²) >= 11 is 0. The van der Waals surface area contributed by atoms with Crippen molar-refractivity contribution in [3.8, 4) is 16.9 Å². The zero-order chi connectivity index (χ0) is 22.0. The van der Waals surface area contributed by atoms with Crippen molar-refractivity contribution in [3.05, 3.63) is 95.3 Å². The first-order valence-electron chi connectivity index (χ1n) is 9.51. The number of benzene rings is 2. The largest absolute Gasteiger partial charge is 0.466 e. The molecule has 0 aliphatic rings. The number of carbonyl (C=O) groups is 2. The molecule has 0 unspecified atom stereocenters. The predicted octanol–water partition coefficient (Wildman–Crippen LogP) is 3.96. The van der Waals surface area contributed by atoms with Gasteiger partial charge in [-0.05, 0) is 56.3 Å². The van der Waals surface area contributed by atoms with Crippen LogP contribution in [-0.4, -0.2) is 21.6 Å². The van der Waals surface area contributed by atoms with E-state index in [0.29, 0.717) is 28.3 Å². The number of hydrazine groups is 1. The molecule has 0 aliphatic heterocycles. The summed E-state index contributed by atoms with van der Waals surface area (Å²) in [7, 11) is 0. The van der Waals surface area contributed by atoms with Crippen LogP contribution in [0.4, 0.5) is 4.39 Å². The average Bonchev–Trinajstić information content (AvgIpc) is 3.36. The molecule has 2 heterocycles. The lowest BCUT2D eigenvalue weighted by molar-refractivity contribution is 0.0846. The van der Waals surface area contributed by atoms with Gasteiger partial charge in [-0.2, -0.15) is 5.10 Å². The summed E-state index contributed by atoms with van der Waals surface area (Å²) in [5, 5.41) is 4.51. The topological polar surface area (TPSA) is 89.2 Å². The van der Waals surface area contributed by atoms with Gasteiger partial charge < -0.3 is 4.42 Å². The van der Waals surface area contributed by atoms with E-state index in [9.17, 15) is 14.0 Å². The smallest absolute Gasteiger partial charge is 0.273 e. The maximum Gasteiger partial charge on any atom is 0.273 e. The normalized spacial score (nSPS) is 10.7. The second kappa shape index (κ2) is 8.27. The van der Waals surface area contributed by atoms with E-state index in [1.54, 1.807) is 42.9 Å². The van der Waals surface area contributed by atoms with Crippen LogP contribution in [0, 0.1) is 19.7 Å². The molecule has 0 aliphatic carbocycles. The molecule has 8 heteroatoms. The molecule has 31 heavy (non-hydrogen) atoms. The molecule has 0 fully saturated rings. The van der Waals surface area contributed by atoms with Gasteiger partial charge in [-0.15, -0.1) is 0 Å². The Kier molecular flexibility index (Phi) is 5.36. The van der Waals surface area contributed by atoms with E-state index in [1.807, 2.05) is 30.3 Å². The third-order valence-corrected chi connectivity index (χ3v) is 4.67. The first-order valence-corrected chi connectivity index (χ1v) is 9.51. The monoisotopic (exact) mass is 418 g/mol. The van der Waals surface area contributed by atoms with Crippen molar-refractivity contribution in [3.63, 3.8) is 0 Å². The van der Waals surface area contributed by atoms with Gasteiger partial charge in [-0.1, -0.05) is 18.2 Å². The van der Waals surface area contributed by atoms with Crippen LogP contribution < -0.4 is 10.9 Å². The van der Waals surface area contributed by atoms with Crippen LogP contribution in [0.1, 0.15) is 32.2 Å². The second-order valence-electron chi connectivity index (χ2n) is 6.91. The molecule has 2 N–H and O–H groups in total. The van der Waals surface area contributed by atoms with Crippen molar-refractivity contribution in [2.24, 2.45) is 0 Å². The predicted molar refractivity (Wildman–Crippen MR) is 112 cm³/mol. The number of aryl methyl sites for hydroxylation is 2. The number of amides is 2. The molecule has 0 bridgehead atoms. The van der Waals surface area contributed by atoms with E-state index < -0.39 is 17.6 Å². The fourth-order valence-corrected chi connectivity index (χ4v) is 3.18. The van der Waals surface area contributed by atoms with E-state index in [1.165, 1.54) is 12.1 Å². The molecule has 0 radical (unpaired) electrons. The van der Waals surface area contributed by atoms with E-state index in [4.69, 9.17) is 4.42 Å². The van der Waals surface area contributed by atoms with Crippen LogP contribution in [0.15, 0.2) is 71.3 Å². The maximum absolute atomic E-state index is 13.4. The van der Waals surface area contributed by atoms with E-state index >= 15 is 0 Å². The summed E-state index contributed by atoms with van der Waals surface area (Å²) in [6, 6.07) is 16.5. The van der Waals surface area contributed by atoms with Gasteiger partial charge in [0.15, 0.2) is 0 Å². The minimum absolute atomic E-state index is 0.218. The van der Waals surface area contributed by atoms with Gasteiger partial charge in [0.2, 0.25) is 0 Å². The first kappa shape index (κ1) is 20.1. The maximum atomic E-state index is 13.4. The fourth-order valence-electron chi connectivity index (χ4n) is 3.18. The van der Waals surface area contributed by atoms with E-state index in [-0.39, 0.29) is 5.56 Å². The Morgan fingerprint density at radius 1 is 0.935 bits per heavy atom. The summed E-state index contributed by atoms with van der Waals surface area (Å²) in [4.78, 5) is 25.3. The van der Waals surface area contributed by atoms with Crippen molar-refractivity contribution in [1.82, 2.24) is 20.6 Å². The zero-order valence-corrected chi connectivity index (χ0v) is 16.8.